The lowest BCUT2D eigenvalue weighted by molar-refractivity contribution is 0.0947. The monoisotopic (exact) mass is 282 g/mol. The summed E-state index contributed by atoms with van der Waals surface area (Å²) in [5.41, 5.74) is 6.25. The fraction of sp³-hybridized carbons (Fsp3) is 0.500. The maximum atomic E-state index is 12.1. The van der Waals surface area contributed by atoms with E-state index >= 15 is 0 Å². The van der Waals surface area contributed by atoms with Crippen LogP contribution in [0.2, 0.25) is 0 Å². The van der Waals surface area contributed by atoms with Crippen molar-refractivity contribution in [2.45, 2.75) is 12.5 Å². The number of hydrogen-bond donors (Lipinski definition) is 2. The van der Waals surface area contributed by atoms with Gasteiger partial charge in [-0.15, -0.1) is 0 Å². The highest BCUT2D eigenvalue weighted by atomic mass is 16.5. The molecule has 112 valence electrons. The van der Waals surface area contributed by atoms with Gasteiger partial charge in [0.2, 0.25) is 0 Å². The predicted molar refractivity (Wildman–Crippen MR) is 76.3 cm³/mol. The molecule has 0 aliphatic heterocycles. The number of methoxy groups -OCH3 is 3. The van der Waals surface area contributed by atoms with Crippen LogP contribution < -0.4 is 20.5 Å². The molecule has 0 aliphatic carbocycles. The highest BCUT2D eigenvalue weighted by Crippen LogP contribution is 2.24. The van der Waals surface area contributed by atoms with E-state index in [4.69, 9.17) is 19.9 Å². The van der Waals surface area contributed by atoms with E-state index in [1.54, 1.807) is 32.4 Å². The van der Waals surface area contributed by atoms with Gasteiger partial charge < -0.3 is 25.3 Å². The summed E-state index contributed by atoms with van der Waals surface area (Å²) >= 11 is 0. The second-order valence-electron chi connectivity index (χ2n) is 4.33. The highest BCUT2D eigenvalue weighted by Gasteiger charge is 2.13. The largest absolute Gasteiger partial charge is 0.497 e. The molecule has 20 heavy (non-hydrogen) atoms. The van der Waals surface area contributed by atoms with Gasteiger partial charge in [0.25, 0.3) is 5.91 Å². The molecule has 1 amide bonds. The number of benzene rings is 1. The molecular formula is C14H22N2O4. The molecule has 1 aromatic carbocycles. The van der Waals surface area contributed by atoms with Gasteiger partial charge in [-0.2, -0.15) is 0 Å². The van der Waals surface area contributed by atoms with Crippen LogP contribution in [-0.2, 0) is 4.74 Å². The van der Waals surface area contributed by atoms with Crippen LogP contribution in [-0.4, -0.2) is 46.4 Å². The minimum Gasteiger partial charge on any atom is -0.497 e. The van der Waals surface area contributed by atoms with Crippen LogP contribution in [0.4, 0.5) is 0 Å². The zero-order valence-electron chi connectivity index (χ0n) is 12.1. The summed E-state index contributed by atoms with van der Waals surface area (Å²) in [6.45, 7) is 0.959. The first-order valence-corrected chi connectivity index (χ1v) is 6.37. The SMILES string of the molecule is COCC(N)CCNC(=O)c1ccc(OC)cc1OC. The molecule has 0 bridgehead atoms. The van der Waals surface area contributed by atoms with Gasteiger partial charge in [0.1, 0.15) is 11.5 Å². The van der Waals surface area contributed by atoms with Crippen molar-refractivity contribution < 1.29 is 19.0 Å². The molecule has 0 aromatic heterocycles. The van der Waals surface area contributed by atoms with Crippen molar-refractivity contribution >= 4 is 5.91 Å². The smallest absolute Gasteiger partial charge is 0.255 e. The number of amides is 1. The Kier molecular flexibility index (Phi) is 6.83. The molecule has 0 saturated heterocycles. The van der Waals surface area contributed by atoms with Crippen molar-refractivity contribution in [2.24, 2.45) is 5.73 Å². The Balaban J connectivity index is 2.59. The fourth-order valence-electron chi connectivity index (χ4n) is 1.75. The molecule has 0 radical (unpaired) electrons. The quantitative estimate of drug-likeness (QED) is 0.737. The molecule has 6 nitrogen and oxygen atoms in total. The van der Waals surface area contributed by atoms with E-state index in [0.717, 1.165) is 0 Å². The molecule has 1 atom stereocenters. The number of rotatable bonds is 8. The van der Waals surface area contributed by atoms with E-state index in [2.05, 4.69) is 5.32 Å². The second-order valence-corrected chi connectivity index (χ2v) is 4.33. The lowest BCUT2D eigenvalue weighted by atomic mass is 10.1. The summed E-state index contributed by atoms with van der Waals surface area (Å²) in [5, 5.41) is 2.81. The number of hydrogen-bond acceptors (Lipinski definition) is 5. The van der Waals surface area contributed by atoms with E-state index in [0.29, 0.717) is 36.6 Å². The van der Waals surface area contributed by atoms with Crippen LogP contribution in [0.3, 0.4) is 0 Å². The molecule has 3 N–H and O–H groups in total. The van der Waals surface area contributed by atoms with Crippen molar-refractivity contribution in [3.63, 3.8) is 0 Å². The molecule has 1 rings (SSSR count). The zero-order valence-corrected chi connectivity index (χ0v) is 12.1. The highest BCUT2D eigenvalue weighted by molar-refractivity contribution is 5.97. The first kappa shape index (κ1) is 16.3. The Bertz CT molecular complexity index is 437. The van der Waals surface area contributed by atoms with Crippen LogP contribution in [0.1, 0.15) is 16.8 Å². The van der Waals surface area contributed by atoms with Crippen LogP contribution in [0.5, 0.6) is 11.5 Å². The molecule has 1 unspecified atom stereocenters. The average Bonchev–Trinajstić information content (AvgIpc) is 2.46. The first-order valence-electron chi connectivity index (χ1n) is 6.37. The van der Waals surface area contributed by atoms with E-state index < -0.39 is 0 Å². The minimum atomic E-state index is -0.200. The molecule has 6 heteroatoms. The number of carbonyl (C=O) groups excluding carboxylic acids is 1. The Morgan fingerprint density at radius 3 is 2.65 bits per heavy atom. The molecule has 0 fully saturated rings. The fourth-order valence-corrected chi connectivity index (χ4v) is 1.75. The predicted octanol–water partition coefficient (Wildman–Crippen LogP) is 0.797. The number of ether oxygens (including phenoxy) is 3. The van der Waals surface area contributed by atoms with E-state index in [1.165, 1.54) is 7.11 Å². The van der Waals surface area contributed by atoms with Crippen molar-refractivity contribution in [3.05, 3.63) is 23.8 Å². The van der Waals surface area contributed by atoms with Gasteiger partial charge in [-0.3, -0.25) is 4.79 Å². The molecular weight excluding hydrogens is 260 g/mol. The summed E-state index contributed by atoms with van der Waals surface area (Å²) in [6, 6.07) is 4.97. The summed E-state index contributed by atoms with van der Waals surface area (Å²) < 4.78 is 15.2. The van der Waals surface area contributed by atoms with Gasteiger partial charge >= 0.3 is 0 Å². The summed E-state index contributed by atoms with van der Waals surface area (Å²) in [4.78, 5) is 12.1. The molecule has 0 aliphatic rings. The van der Waals surface area contributed by atoms with E-state index in [9.17, 15) is 4.79 Å². The van der Waals surface area contributed by atoms with Crippen LogP contribution in [0.25, 0.3) is 0 Å². The van der Waals surface area contributed by atoms with Gasteiger partial charge in [-0.1, -0.05) is 0 Å². The maximum Gasteiger partial charge on any atom is 0.255 e. The Morgan fingerprint density at radius 2 is 2.05 bits per heavy atom. The van der Waals surface area contributed by atoms with Crippen molar-refractivity contribution in [3.8, 4) is 11.5 Å². The topological polar surface area (TPSA) is 82.8 Å². The van der Waals surface area contributed by atoms with Gasteiger partial charge in [-0.05, 0) is 18.6 Å². The van der Waals surface area contributed by atoms with Crippen LogP contribution >= 0.6 is 0 Å². The first-order chi connectivity index (χ1) is 9.62. The maximum absolute atomic E-state index is 12.1. The Morgan fingerprint density at radius 1 is 1.30 bits per heavy atom. The van der Waals surface area contributed by atoms with Gasteiger partial charge in [0.15, 0.2) is 0 Å². The third-order valence-corrected chi connectivity index (χ3v) is 2.83. The van der Waals surface area contributed by atoms with Gasteiger partial charge in [0.05, 0.1) is 26.4 Å². The third-order valence-electron chi connectivity index (χ3n) is 2.83. The Hall–Kier alpha value is -1.79. The summed E-state index contributed by atoms with van der Waals surface area (Å²) in [5.74, 6) is 0.915. The molecule has 0 spiro atoms. The van der Waals surface area contributed by atoms with E-state index in [1.807, 2.05) is 0 Å². The second kappa shape index (κ2) is 8.39. The normalized spacial score (nSPS) is 11.8. The van der Waals surface area contributed by atoms with Gasteiger partial charge in [0, 0.05) is 25.8 Å². The standard InChI is InChI=1S/C14H22N2O4/c1-18-9-10(15)6-7-16-14(17)12-5-4-11(19-2)8-13(12)20-3/h4-5,8,10H,6-7,9,15H2,1-3H3,(H,16,17). The molecule has 1 aromatic rings. The molecule has 0 heterocycles. The van der Waals surface area contributed by atoms with Crippen LogP contribution in [0.15, 0.2) is 18.2 Å². The van der Waals surface area contributed by atoms with Crippen molar-refractivity contribution in [1.82, 2.24) is 5.32 Å². The lowest BCUT2D eigenvalue weighted by Crippen LogP contribution is -2.33. The average molecular weight is 282 g/mol. The van der Waals surface area contributed by atoms with Gasteiger partial charge in [-0.25, -0.2) is 0 Å². The summed E-state index contributed by atoms with van der Waals surface area (Å²) in [6.07, 6.45) is 0.651. The Labute approximate surface area is 119 Å². The van der Waals surface area contributed by atoms with Crippen molar-refractivity contribution in [2.75, 3.05) is 34.5 Å². The third kappa shape index (κ3) is 4.71. The number of nitrogens with one attached hydrogen (secondary N) is 1. The lowest BCUT2D eigenvalue weighted by Gasteiger charge is -2.13. The van der Waals surface area contributed by atoms with Crippen molar-refractivity contribution in [1.29, 1.82) is 0 Å². The summed E-state index contributed by atoms with van der Waals surface area (Å²) in [7, 11) is 4.67. The number of nitrogens with two attached hydrogens (primary N) is 1. The number of carbonyl (C=O) groups is 1. The zero-order chi connectivity index (χ0) is 15.0. The molecule has 0 saturated carbocycles. The minimum absolute atomic E-state index is 0.0851. The van der Waals surface area contributed by atoms with Crippen LogP contribution in [0, 0.1) is 0 Å². The van der Waals surface area contributed by atoms with E-state index in [-0.39, 0.29) is 11.9 Å².